The van der Waals surface area contributed by atoms with Gasteiger partial charge in [-0.2, -0.15) is 0 Å². The molecule has 28 heavy (non-hydrogen) atoms. The summed E-state index contributed by atoms with van der Waals surface area (Å²) >= 11 is 1.48. The summed E-state index contributed by atoms with van der Waals surface area (Å²) < 4.78 is 19.7. The minimum Gasteiger partial charge on any atom is -0.444 e. The van der Waals surface area contributed by atoms with E-state index in [0.29, 0.717) is 36.3 Å². The van der Waals surface area contributed by atoms with E-state index in [0.717, 1.165) is 17.7 Å². The number of rotatable bonds is 4. The van der Waals surface area contributed by atoms with Crippen LogP contribution in [0.15, 0.2) is 12.4 Å². The molecule has 1 atom stereocenters. The van der Waals surface area contributed by atoms with Crippen molar-refractivity contribution >= 4 is 28.5 Å². The van der Waals surface area contributed by atoms with E-state index in [2.05, 4.69) is 20.3 Å². The van der Waals surface area contributed by atoms with Gasteiger partial charge in [-0.05, 0) is 52.9 Å². The van der Waals surface area contributed by atoms with Crippen molar-refractivity contribution in [1.29, 1.82) is 0 Å². The fourth-order valence-electron chi connectivity index (χ4n) is 3.11. The number of thiazole rings is 1. The van der Waals surface area contributed by atoms with Gasteiger partial charge in [-0.25, -0.2) is 24.1 Å². The Labute approximate surface area is 168 Å². The highest BCUT2D eigenvalue weighted by molar-refractivity contribution is 7.15. The molecule has 1 fully saturated rings. The van der Waals surface area contributed by atoms with Crippen LogP contribution >= 0.6 is 11.3 Å². The molecule has 0 aliphatic carbocycles. The third-order valence-electron chi connectivity index (χ3n) is 4.31. The Morgan fingerprint density at radius 1 is 1.39 bits per heavy atom. The molecule has 0 spiro atoms. The SMILES string of the molecule is Cc1cnc(Nc2ncc(F)c(CC3CCCN(C(=O)OC(C)(C)C)C3)n2)s1. The molecule has 1 amide bonds. The maximum atomic E-state index is 14.3. The first-order chi connectivity index (χ1) is 13.2. The lowest BCUT2D eigenvalue weighted by Gasteiger charge is -2.34. The summed E-state index contributed by atoms with van der Waals surface area (Å²) in [5, 5.41) is 3.69. The molecule has 3 rings (SSSR count). The molecule has 1 N–H and O–H groups in total. The van der Waals surface area contributed by atoms with Gasteiger partial charge in [0.05, 0.1) is 11.9 Å². The quantitative estimate of drug-likeness (QED) is 0.813. The highest BCUT2D eigenvalue weighted by Crippen LogP contribution is 2.24. The van der Waals surface area contributed by atoms with Gasteiger partial charge in [0.15, 0.2) is 10.9 Å². The van der Waals surface area contributed by atoms with Crippen molar-refractivity contribution < 1.29 is 13.9 Å². The Balaban J connectivity index is 1.65. The van der Waals surface area contributed by atoms with Gasteiger partial charge in [0.2, 0.25) is 5.95 Å². The van der Waals surface area contributed by atoms with E-state index in [1.807, 2.05) is 27.7 Å². The Morgan fingerprint density at radius 3 is 2.86 bits per heavy atom. The van der Waals surface area contributed by atoms with Crippen LogP contribution in [0.5, 0.6) is 0 Å². The van der Waals surface area contributed by atoms with E-state index in [4.69, 9.17) is 4.74 Å². The van der Waals surface area contributed by atoms with Gasteiger partial charge in [0, 0.05) is 24.2 Å². The molecule has 152 valence electrons. The van der Waals surface area contributed by atoms with Crippen molar-refractivity contribution in [2.45, 2.75) is 52.6 Å². The number of likely N-dealkylation sites (tertiary alicyclic amines) is 1. The van der Waals surface area contributed by atoms with Crippen LogP contribution in [-0.4, -0.2) is 44.6 Å². The first kappa shape index (κ1) is 20.4. The van der Waals surface area contributed by atoms with Crippen molar-refractivity contribution in [2.75, 3.05) is 18.4 Å². The van der Waals surface area contributed by atoms with Gasteiger partial charge in [-0.3, -0.25) is 0 Å². The highest BCUT2D eigenvalue weighted by Gasteiger charge is 2.28. The number of amides is 1. The molecule has 0 radical (unpaired) electrons. The van der Waals surface area contributed by atoms with Gasteiger partial charge in [0.25, 0.3) is 0 Å². The molecule has 0 aromatic carbocycles. The lowest BCUT2D eigenvalue weighted by Crippen LogP contribution is -2.43. The topological polar surface area (TPSA) is 80.2 Å². The average Bonchev–Trinajstić information content (AvgIpc) is 3.01. The Hall–Kier alpha value is -2.29. The third kappa shape index (κ3) is 5.60. The second-order valence-corrected chi connectivity index (χ2v) is 9.26. The third-order valence-corrected chi connectivity index (χ3v) is 5.14. The van der Waals surface area contributed by atoms with E-state index < -0.39 is 11.4 Å². The predicted molar refractivity (Wildman–Crippen MR) is 106 cm³/mol. The van der Waals surface area contributed by atoms with Crippen LogP contribution in [0.3, 0.4) is 0 Å². The summed E-state index contributed by atoms with van der Waals surface area (Å²) in [7, 11) is 0. The van der Waals surface area contributed by atoms with Crippen LogP contribution in [0.4, 0.5) is 20.3 Å². The second-order valence-electron chi connectivity index (χ2n) is 8.03. The van der Waals surface area contributed by atoms with Gasteiger partial charge in [0.1, 0.15) is 5.60 Å². The minimum atomic E-state index is -0.530. The van der Waals surface area contributed by atoms with E-state index in [9.17, 15) is 9.18 Å². The number of hydrogen-bond acceptors (Lipinski definition) is 7. The smallest absolute Gasteiger partial charge is 0.410 e. The van der Waals surface area contributed by atoms with Crippen LogP contribution in [0.2, 0.25) is 0 Å². The molecule has 7 nitrogen and oxygen atoms in total. The summed E-state index contributed by atoms with van der Waals surface area (Å²) in [6, 6.07) is 0. The number of halogens is 1. The predicted octanol–water partition coefficient (Wildman–Crippen LogP) is 4.31. The number of aromatic nitrogens is 3. The van der Waals surface area contributed by atoms with Crippen molar-refractivity contribution in [3.05, 3.63) is 28.8 Å². The number of ether oxygens (including phenoxy) is 1. The van der Waals surface area contributed by atoms with E-state index in [1.165, 1.54) is 17.5 Å². The first-order valence-electron chi connectivity index (χ1n) is 9.38. The zero-order valence-electron chi connectivity index (χ0n) is 16.7. The summed E-state index contributed by atoms with van der Waals surface area (Å²) in [6.45, 7) is 8.70. The molecule has 1 aliphatic rings. The lowest BCUT2D eigenvalue weighted by atomic mass is 9.93. The van der Waals surface area contributed by atoms with Crippen molar-refractivity contribution in [3.8, 4) is 0 Å². The number of nitrogens with zero attached hydrogens (tertiary/aromatic N) is 4. The molecule has 0 bridgehead atoms. The molecule has 2 aromatic heterocycles. The number of carbonyl (C=O) groups is 1. The molecule has 3 heterocycles. The molecule has 0 saturated carbocycles. The normalized spacial score (nSPS) is 17.5. The van der Waals surface area contributed by atoms with Crippen LogP contribution < -0.4 is 5.32 Å². The summed E-state index contributed by atoms with van der Waals surface area (Å²) in [6.07, 6.45) is 4.84. The zero-order valence-corrected chi connectivity index (χ0v) is 17.5. The first-order valence-corrected chi connectivity index (χ1v) is 10.2. The Bertz CT molecular complexity index is 836. The molecule has 2 aromatic rings. The molecule has 9 heteroatoms. The van der Waals surface area contributed by atoms with E-state index in [-0.39, 0.29) is 12.0 Å². The average molecular weight is 408 g/mol. The maximum Gasteiger partial charge on any atom is 0.410 e. The lowest BCUT2D eigenvalue weighted by molar-refractivity contribution is 0.0165. The number of nitrogens with one attached hydrogen (secondary N) is 1. The fourth-order valence-corrected chi connectivity index (χ4v) is 3.77. The monoisotopic (exact) mass is 407 g/mol. The number of aryl methyl sites for hydroxylation is 1. The summed E-state index contributed by atoms with van der Waals surface area (Å²) in [5.41, 5.74) is -0.181. The maximum absolute atomic E-state index is 14.3. The van der Waals surface area contributed by atoms with Gasteiger partial charge < -0.3 is 15.0 Å². The highest BCUT2D eigenvalue weighted by atomic mass is 32.1. The Kier molecular flexibility index (Phi) is 6.12. The van der Waals surface area contributed by atoms with Gasteiger partial charge >= 0.3 is 6.09 Å². The van der Waals surface area contributed by atoms with Crippen LogP contribution in [0.25, 0.3) is 0 Å². The minimum absolute atomic E-state index is 0.126. The zero-order chi connectivity index (χ0) is 20.3. The summed E-state index contributed by atoms with van der Waals surface area (Å²) in [5.74, 6) is 0.0152. The number of hydrogen-bond donors (Lipinski definition) is 1. The number of anilines is 2. The fraction of sp³-hybridized carbons (Fsp3) is 0.579. The van der Waals surface area contributed by atoms with Crippen LogP contribution in [0.1, 0.15) is 44.2 Å². The number of carbonyl (C=O) groups excluding carboxylic acids is 1. The van der Waals surface area contributed by atoms with Crippen molar-refractivity contribution in [3.63, 3.8) is 0 Å². The van der Waals surface area contributed by atoms with E-state index >= 15 is 0 Å². The van der Waals surface area contributed by atoms with Gasteiger partial charge in [-0.15, -0.1) is 11.3 Å². The molecular weight excluding hydrogens is 381 g/mol. The van der Waals surface area contributed by atoms with Crippen molar-refractivity contribution in [2.24, 2.45) is 5.92 Å². The molecule has 1 aliphatic heterocycles. The number of piperidine rings is 1. The molecular formula is C19H26FN5O2S. The molecule has 1 unspecified atom stereocenters. The van der Waals surface area contributed by atoms with Crippen LogP contribution in [-0.2, 0) is 11.2 Å². The Morgan fingerprint density at radius 2 is 2.18 bits per heavy atom. The second kappa shape index (κ2) is 8.38. The van der Waals surface area contributed by atoms with E-state index in [1.54, 1.807) is 11.1 Å². The largest absolute Gasteiger partial charge is 0.444 e. The molecule has 1 saturated heterocycles. The standard InChI is InChI=1S/C19H26FN5O2S/c1-12-9-22-17(28-12)24-16-21-10-14(20)15(23-16)8-13-6-5-7-25(11-13)18(26)27-19(2,3)4/h9-10,13H,5-8,11H2,1-4H3,(H,21,22,23,24). The van der Waals surface area contributed by atoms with Crippen molar-refractivity contribution in [1.82, 2.24) is 19.9 Å². The summed E-state index contributed by atoms with van der Waals surface area (Å²) in [4.78, 5) is 27.6. The van der Waals surface area contributed by atoms with Gasteiger partial charge in [-0.1, -0.05) is 0 Å². The van der Waals surface area contributed by atoms with Crippen LogP contribution in [0, 0.1) is 18.7 Å².